The van der Waals surface area contributed by atoms with Gasteiger partial charge in [0.2, 0.25) is 0 Å². The van der Waals surface area contributed by atoms with Crippen molar-refractivity contribution in [2.45, 2.75) is 26.9 Å². The van der Waals surface area contributed by atoms with Crippen molar-refractivity contribution in [2.24, 2.45) is 17.3 Å². The molecule has 0 N–H and O–H groups in total. The smallest absolute Gasteiger partial charge is 0.174 e. The largest absolute Gasteiger partial charge is 0.363 e. The van der Waals surface area contributed by atoms with Crippen LogP contribution in [-0.4, -0.2) is 24.3 Å². The van der Waals surface area contributed by atoms with E-state index in [0.29, 0.717) is 6.61 Å². The fourth-order valence-corrected chi connectivity index (χ4v) is 2.50. The number of hydrogen-bond acceptors (Lipinski definition) is 3. The Morgan fingerprint density at radius 3 is 2.08 bits per heavy atom. The van der Waals surface area contributed by atoms with Crippen LogP contribution in [-0.2, 0) is 14.3 Å². The van der Waals surface area contributed by atoms with E-state index in [1.807, 2.05) is 13.8 Å². The maximum Gasteiger partial charge on any atom is 0.174 e. The quantitative estimate of drug-likeness (QED) is 0.594. The summed E-state index contributed by atoms with van der Waals surface area (Å²) in [5.74, 6) is -0.114. The van der Waals surface area contributed by atoms with E-state index in [1.54, 1.807) is 6.92 Å². The lowest BCUT2D eigenvalue weighted by atomic mass is 9.97. The summed E-state index contributed by atoms with van der Waals surface area (Å²) in [4.78, 5) is 23.2. The SMILES string of the molecule is CCOC1C(=O)C2C(C1=O)C2(C)C. The maximum atomic E-state index is 11.6. The summed E-state index contributed by atoms with van der Waals surface area (Å²) in [7, 11) is 0. The van der Waals surface area contributed by atoms with Crippen LogP contribution >= 0.6 is 0 Å². The van der Waals surface area contributed by atoms with E-state index in [9.17, 15) is 9.59 Å². The highest BCUT2D eigenvalue weighted by atomic mass is 16.5. The van der Waals surface area contributed by atoms with E-state index in [0.717, 1.165) is 0 Å². The highest BCUT2D eigenvalue weighted by Crippen LogP contribution is 2.63. The minimum atomic E-state index is -0.743. The topological polar surface area (TPSA) is 43.4 Å². The first-order valence-corrected chi connectivity index (χ1v) is 4.71. The van der Waals surface area contributed by atoms with E-state index in [2.05, 4.69) is 0 Å². The van der Waals surface area contributed by atoms with Crippen LogP contribution in [0.1, 0.15) is 20.8 Å². The van der Waals surface area contributed by atoms with Crippen molar-refractivity contribution >= 4 is 11.6 Å². The summed E-state index contributed by atoms with van der Waals surface area (Å²) in [5.41, 5.74) is -0.0955. The molecule has 13 heavy (non-hydrogen) atoms. The van der Waals surface area contributed by atoms with Crippen LogP contribution in [0.15, 0.2) is 0 Å². The van der Waals surface area contributed by atoms with Crippen LogP contribution in [0.25, 0.3) is 0 Å². The Morgan fingerprint density at radius 2 is 1.69 bits per heavy atom. The van der Waals surface area contributed by atoms with Crippen LogP contribution in [0.5, 0.6) is 0 Å². The average molecular weight is 182 g/mol. The molecule has 0 radical (unpaired) electrons. The predicted octanol–water partition coefficient (Wildman–Crippen LogP) is 0.815. The summed E-state index contributed by atoms with van der Waals surface area (Å²) in [5, 5.41) is 0. The van der Waals surface area contributed by atoms with Crippen LogP contribution in [0.3, 0.4) is 0 Å². The van der Waals surface area contributed by atoms with Gasteiger partial charge in [-0.15, -0.1) is 0 Å². The molecule has 2 aliphatic rings. The molecule has 0 spiro atoms. The third-order valence-electron chi connectivity index (χ3n) is 3.29. The molecular formula is C10H14O3. The van der Waals surface area contributed by atoms with Gasteiger partial charge in [-0.2, -0.15) is 0 Å². The van der Waals surface area contributed by atoms with E-state index >= 15 is 0 Å². The Bertz CT molecular complexity index is 256. The van der Waals surface area contributed by atoms with Crippen LogP contribution < -0.4 is 0 Å². The molecule has 0 heterocycles. The Morgan fingerprint density at radius 1 is 1.23 bits per heavy atom. The molecule has 2 fully saturated rings. The number of rotatable bonds is 2. The molecule has 2 unspecified atom stereocenters. The lowest BCUT2D eigenvalue weighted by Crippen LogP contribution is -2.32. The molecule has 72 valence electrons. The lowest BCUT2D eigenvalue weighted by molar-refractivity contribution is -0.140. The normalized spacial score (nSPS) is 40.7. The summed E-state index contributed by atoms with van der Waals surface area (Å²) in [6.07, 6.45) is -0.743. The second-order valence-electron chi connectivity index (χ2n) is 4.42. The van der Waals surface area contributed by atoms with Crippen molar-refractivity contribution < 1.29 is 14.3 Å². The Hall–Kier alpha value is -0.700. The fourth-order valence-electron chi connectivity index (χ4n) is 2.50. The van der Waals surface area contributed by atoms with Gasteiger partial charge in [-0.3, -0.25) is 9.59 Å². The van der Waals surface area contributed by atoms with Gasteiger partial charge in [-0.05, 0) is 12.3 Å². The summed E-state index contributed by atoms with van der Waals surface area (Å²) in [6.45, 7) is 6.18. The zero-order chi connectivity index (χ0) is 9.80. The third-order valence-corrected chi connectivity index (χ3v) is 3.29. The fraction of sp³-hybridized carbons (Fsp3) is 0.800. The van der Waals surface area contributed by atoms with E-state index < -0.39 is 6.10 Å². The van der Waals surface area contributed by atoms with Crippen LogP contribution in [0.2, 0.25) is 0 Å². The van der Waals surface area contributed by atoms with E-state index in [4.69, 9.17) is 4.74 Å². The molecule has 3 nitrogen and oxygen atoms in total. The summed E-state index contributed by atoms with van der Waals surface area (Å²) < 4.78 is 5.12. The molecule has 0 bridgehead atoms. The van der Waals surface area contributed by atoms with Crippen LogP contribution in [0.4, 0.5) is 0 Å². The molecular weight excluding hydrogens is 168 g/mol. The zero-order valence-electron chi connectivity index (χ0n) is 8.16. The van der Waals surface area contributed by atoms with Crippen LogP contribution in [0, 0.1) is 17.3 Å². The second-order valence-corrected chi connectivity index (χ2v) is 4.42. The van der Waals surface area contributed by atoms with Gasteiger partial charge in [0.1, 0.15) is 0 Å². The van der Waals surface area contributed by atoms with Gasteiger partial charge in [0, 0.05) is 18.4 Å². The molecule has 0 aromatic heterocycles. The molecule has 0 aromatic carbocycles. The Labute approximate surface area is 77.4 Å². The van der Waals surface area contributed by atoms with Gasteiger partial charge in [0.05, 0.1) is 0 Å². The van der Waals surface area contributed by atoms with Gasteiger partial charge in [0.25, 0.3) is 0 Å². The minimum Gasteiger partial charge on any atom is -0.363 e. The van der Waals surface area contributed by atoms with Gasteiger partial charge in [-0.1, -0.05) is 13.8 Å². The minimum absolute atomic E-state index is 0.00171. The number of Topliss-reactive ketones (excluding diaryl/α,β-unsaturated/α-hetero) is 2. The number of hydrogen-bond donors (Lipinski definition) is 0. The van der Waals surface area contributed by atoms with E-state index in [1.165, 1.54) is 0 Å². The third kappa shape index (κ3) is 0.937. The first kappa shape index (κ1) is 8.88. The molecule has 0 saturated heterocycles. The van der Waals surface area contributed by atoms with Gasteiger partial charge in [0.15, 0.2) is 17.7 Å². The van der Waals surface area contributed by atoms with E-state index in [-0.39, 0.29) is 28.8 Å². The van der Waals surface area contributed by atoms with Crippen molar-refractivity contribution in [1.82, 2.24) is 0 Å². The molecule has 2 aliphatic carbocycles. The number of carbonyl (C=O) groups is 2. The van der Waals surface area contributed by atoms with Crippen molar-refractivity contribution in [3.8, 4) is 0 Å². The number of carbonyl (C=O) groups excluding carboxylic acids is 2. The highest BCUT2D eigenvalue weighted by molar-refractivity contribution is 6.18. The van der Waals surface area contributed by atoms with Crippen molar-refractivity contribution in [1.29, 1.82) is 0 Å². The standard InChI is InChI=1S/C10H14O3/c1-4-13-9-7(11)5-6(8(9)12)10(5,2)3/h5-6,9H,4H2,1-3H3. The molecule has 3 heteroatoms. The van der Waals surface area contributed by atoms with Gasteiger partial charge >= 0.3 is 0 Å². The second kappa shape index (κ2) is 2.41. The molecule has 2 rings (SSSR count). The van der Waals surface area contributed by atoms with Gasteiger partial charge < -0.3 is 4.74 Å². The molecule has 0 aliphatic heterocycles. The summed E-state index contributed by atoms with van der Waals surface area (Å²) >= 11 is 0. The molecule has 2 atom stereocenters. The molecule has 2 saturated carbocycles. The van der Waals surface area contributed by atoms with Crippen molar-refractivity contribution in [3.63, 3.8) is 0 Å². The monoisotopic (exact) mass is 182 g/mol. The highest BCUT2D eigenvalue weighted by Gasteiger charge is 2.72. The average Bonchev–Trinajstić information content (AvgIpc) is 2.51. The number of ether oxygens (including phenoxy) is 1. The Balaban J connectivity index is 2.18. The predicted molar refractivity (Wildman–Crippen MR) is 46.2 cm³/mol. The lowest BCUT2D eigenvalue weighted by Gasteiger charge is -2.14. The summed E-state index contributed by atoms with van der Waals surface area (Å²) in [6, 6.07) is 0. The number of fused-ring (bicyclic) bond motifs is 1. The van der Waals surface area contributed by atoms with Crippen molar-refractivity contribution in [2.75, 3.05) is 6.61 Å². The molecule has 0 amide bonds. The van der Waals surface area contributed by atoms with Gasteiger partial charge in [-0.25, -0.2) is 0 Å². The number of ketones is 2. The Kier molecular flexibility index (Phi) is 1.65. The first-order valence-electron chi connectivity index (χ1n) is 4.71. The molecule has 0 aromatic rings. The zero-order valence-corrected chi connectivity index (χ0v) is 8.16. The maximum absolute atomic E-state index is 11.6. The first-order chi connectivity index (χ1) is 6.01. The van der Waals surface area contributed by atoms with Crippen molar-refractivity contribution in [3.05, 3.63) is 0 Å².